The maximum Gasteiger partial charge on any atom is 0.303 e. The highest BCUT2D eigenvalue weighted by molar-refractivity contribution is 7.89. The van der Waals surface area contributed by atoms with Crippen molar-refractivity contribution in [2.45, 2.75) is 37.1 Å². The Balaban J connectivity index is 2.22. The van der Waals surface area contributed by atoms with Gasteiger partial charge in [-0.15, -0.1) is 11.3 Å². The second kappa shape index (κ2) is 5.70. The number of rotatable bonds is 6. The summed E-state index contributed by atoms with van der Waals surface area (Å²) in [5, 5.41) is 8.70. The minimum atomic E-state index is -3.70. The van der Waals surface area contributed by atoms with Gasteiger partial charge >= 0.3 is 5.97 Å². The number of benzene rings is 1. The van der Waals surface area contributed by atoms with Crippen LogP contribution >= 0.6 is 11.3 Å². The van der Waals surface area contributed by atoms with E-state index in [1.807, 2.05) is 0 Å². The lowest BCUT2D eigenvalue weighted by molar-refractivity contribution is -0.137. The maximum absolute atomic E-state index is 12.4. The quantitative estimate of drug-likeness (QED) is 0.847. The number of hydrogen-bond acceptors (Lipinski definition) is 5. The third-order valence-corrected chi connectivity index (χ3v) is 5.48. The van der Waals surface area contributed by atoms with Gasteiger partial charge in [0, 0.05) is 12.0 Å². The first-order valence-corrected chi connectivity index (χ1v) is 8.65. The number of carboxylic acids is 1. The molecule has 114 valence electrons. The van der Waals surface area contributed by atoms with Gasteiger partial charge in [0.05, 0.1) is 20.6 Å². The number of thiazole rings is 1. The highest BCUT2D eigenvalue weighted by Gasteiger charge is 2.27. The van der Waals surface area contributed by atoms with E-state index < -0.39 is 21.5 Å². The molecule has 0 saturated carbocycles. The molecule has 0 spiro atoms. The van der Waals surface area contributed by atoms with E-state index in [1.54, 1.807) is 31.5 Å². The van der Waals surface area contributed by atoms with Crippen molar-refractivity contribution in [3.05, 3.63) is 23.7 Å². The fourth-order valence-corrected chi connectivity index (χ4v) is 4.15. The molecule has 0 bridgehead atoms. The Bertz CT molecular complexity index is 765. The van der Waals surface area contributed by atoms with E-state index in [9.17, 15) is 13.2 Å². The van der Waals surface area contributed by atoms with Crippen LogP contribution in [0.2, 0.25) is 0 Å². The topological polar surface area (TPSA) is 96.4 Å². The molecule has 2 aromatic rings. The molecule has 1 heterocycles. The monoisotopic (exact) mass is 328 g/mol. The van der Waals surface area contributed by atoms with Crippen LogP contribution in [0.15, 0.2) is 28.6 Å². The molecule has 0 unspecified atom stereocenters. The smallest absolute Gasteiger partial charge is 0.303 e. The molecule has 0 amide bonds. The van der Waals surface area contributed by atoms with E-state index in [1.165, 1.54) is 17.4 Å². The predicted molar refractivity (Wildman–Crippen MR) is 80.9 cm³/mol. The van der Waals surface area contributed by atoms with Gasteiger partial charge in [-0.05, 0) is 38.5 Å². The first-order chi connectivity index (χ1) is 9.70. The van der Waals surface area contributed by atoms with E-state index in [0.29, 0.717) is 0 Å². The number of fused-ring (bicyclic) bond motifs is 1. The molecular formula is C13H16N2O4S2. The SMILES string of the molecule is CC(C)(CCC(=O)O)NS(=O)(=O)c1ccc2ncsc2c1. The van der Waals surface area contributed by atoms with Crippen molar-refractivity contribution in [3.8, 4) is 0 Å². The number of sulfonamides is 1. The Kier molecular flexibility index (Phi) is 4.31. The van der Waals surface area contributed by atoms with Crippen LogP contribution in [0.1, 0.15) is 26.7 Å². The van der Waals surface area contributed by atoms with Crippen LogP contribution in [0.4, 0.5) is 0 Å². The van der Waals surface area contributed by atoms with Gasteiger partial charge in [-0.25, -0.2) is 18.1 Å². The number of hydrogen-bond donors (Lipinski definition) is 2. The summed E-state index contributed by atoms with van der Waals surface area (Å²) in [5.74, 6) is -0.951. The van der Waals surface area contributed by atoms with Crippen molar-refractivity contribution in [3.63, 3.8) is 0 Å². The zero-order valence-electron chi connectivity index (χ0n) is 11.7. The number of aliphatic carboxylic acids is 1. The van der Waals surface area contributed by atoms with Crippen molar-refractivity contribution in [2.24, 2.45) is 0 Å². The maximum atomic E-state index is 12.4. The summed E-state index contributed by atoms with van der Waals surface area (Å²) in [6.45, 7) is 3.33. The van der Waals surface area contributed by atoms with Gasteiger partial charge < -0.3 is 5.11 Å². The van der Waals surface area contributed by atoms with E-state index >= 15 is 0 Å². The molecule has 0 saturated heterocycles. The Hall–Kier alpha value is -1.51. The van der Waals surface area contributed by atoms with Crippen LogP contribution < -0.4 is 4.72 Å². The number of carbonyl (C=O) groups is 1. The molecule has 0 fully saturated rings. The van der Waals surface area contributed by atoms with Crippen LogP contribution in [0, 0.1) is 0 Å². The van der Waals surface area contributed by atoms with E-state index in [-0.39, 0.29) is 17.7 Å². The minimum absolute atomic E-state index is 0.0938. The highest BCUT2D eigenvalue weighted by Crippen LogP contribution is 2.23. The first kappa shape index (κ1) is 15.9. The fourth-order valence-electron chi connectivity index (χ4n) is 1.90. The van der Waals surface area contributed by atoms with Crippen LogP contribution in [0.25, 0.3) is 10.2 Å². The number of aromatic nitrogens is 1. The molecular weight excluding hydrogens is 312 g/mol. The first-order valence-electron chi connectivity index (χ1n) is 6.29. The Morgan fingerprint density at radius 1 is 1.43 bits per heavy atom. The fraction of sp³-hybridized carbons (Fsp3) is 0.385. The third-order valence-electron chi connectivity index (χ3n) is 2.99. The van der Waals surface area contributed by atoms with Crippen molar-refractivity contribution in [2.75, 3.05) is 0 Å². The standard InChI is InChI=1S/C13H16N2O4S2/c1-13(2,6-5-12(16)17)15-21(18,19)9-3-4-10-11(7-9)20-8-14-10/h3-4,7-8,15H,5-6H2,1-2H3,(H,16,17). The molecule has 2 rings (SSSR count). The Morgan fingerprint density at radius 2 is 2.14 bits per heavy atom. The predicted octanol–water partition coefficient (Wildman–Crippen LogP) is 2.22. The van der Waals surface area contributed by atoms with Crippen LogP contribution in [-0.2, 0) is 14.8 Å². The summed E-state index contributed by atoms with van der Waals surface area (Å²) in [6.07, 6.45) is 0.119. The molecule has 0 radical (unpaired) electrons. The molecule has 21 heavy (non-hydrogen) atoms. The van der Waals surface area contributed by atoms with Gasteiger partial charge in [0.25, 0.3) is 0 Å². The second-order valence-corrected chi connectivity index (χ2v) is 7.93. The summed E-state index contributed by atoms with van der Waals surface area (Å²) in [7, 11) is -3.70. The molecule has 0 aliphatic carbocycles. The van der Waals surface area contributed by atoms with Crippen molar-refractivity contribution < 1.29 is 18.3 Å². The molecule has 0 aliphatic rings. The summed E-state index contributed by atoms with van der Waals surface area (Å²) in [5.41, 5.74) is 1.58. The van der Waals surface area contributed by atoms with Gasteiger partial charge in [0.1, 0.15) is 0 Å². The minimum Gasteiger partial charge on any atom is -0.481 e. The molecule has 8 heteroatoms. The summed E-state index contributed by atoms with van der Waals surface area (Å²) in [4.78, 5) is 14.9. The average molecular weight is 328 g/mol. The lowest BCUT2D eigenvalue weighted by atomic mass is 10.0. The summed E-state index contributed by atoms with van der Waals surface area (Å²) >= 11 is 1.37. The van der Waals surface area contributed by atoms with Gasteiger partial charge in [-0.3, -0.25) is 4.79 Å². The molecule has 1 aromatic carbocycles. The average Bonchev–Trinajstić information content (AvgIpc) is 2.82. The largest absolute Gasteiger partial charge is 0.481 e. The van der Waals surface area contributed by atoms with Crippen molar-refractivity contribution >= 4 is 37.5 Å². The van der Waals surface area contributed by atoms with Crippen LogP contribution in [0.3, 0.4) is 0 Å². The van der Waals surface area contributed by atoms with Crippen molar-refractivity contribution in [1.82, 2.24) is 9.71 Å². The normalized spacial score (nSPS) is 12.7. The van der Waals surface area contributed by atoms with Gasteiger partial charge in [0.2, 0.25) is 10.0 Å². The summed E-state index contributed by atoms with van der Waals surface area (Å²) in [6, 6.07) is 4.73. The van der Waals surface area contributed by atoms with Crippen LogP contribution in [0.5, 0.6) is 0 Å². The second-order valence-electron chi connectivity index (χ2n) is 5.37. The highest BCUT2D eigenvalue weighted by atomic mass is 32.2. The van der Waals surface area contributed by atoms with E-state index in [2.05, 4.69) is 9.71 Å². The van der Waals surface area contributed by atoms with Crippen LogP contribution in [-0.4, -0.2) is 30.0 Å². The number of nitrogens with one attached hydrogen (secondary N) is 1. The Morgan fingerprint density at radius 3 is 2.81 bits per heavy atom. The Labute approximate surface area is 126 Å². The molecule has 0 atom stereocenters. The molecule has 2 N–H and O–H groups in total. The lowest BCUT2D eigenvalue weighted by Crippen LogP contribution is -2.43. The summed E-state index contributed by atoms with van der Waals surface area (Å²) < 4.78 is 28.1. The zero-order valence-corrected chi connectivity index (χ0v) is 13.3. The molecule has 0 aliphatic heterocycles. The molecule has 6 nitrogen and oxygen atoms in total. The van der Waals surface area contributed by atoms with Gasteiger partial charge in [-0.2, -0.15) is 0 Å². The van der Waals surface area contributed by atoms with Gasteiger partial charge in [-0.1, -0.05) is 0 Å². The van der Waals surface area contributed by atoms with Gasteiger partial charge in [0.15, 0.2) is 0 Å². The van der Waals surface area contributed by atoms with Crippen molar-refractivity contribution in [1.29, 1.82) is 0 Å². The van der Waals surface area contributed by atoms with E-state index in [4.69, 9.17) is 5.11 Å². The number of carboxylic acid groups (broad SMARTS) is 1. The number of nitrogens with zero attached hydrogens (tertiary/aromatic N) is 1. The van der Waals surface area contributed by atoms with E-state index in [0.717, 1.165) is 10.2 Å². The molecule has 1 aromatic heterocycles. The third kappa shape index (κ3) is 3.99. The zero-order chi connectivity index (χ0) is 15.7. The lowest BCUT2D eigenvalue weighted by Gasteiger charge is -2.25.